The van der Waals surface area contributed by atoms with Crippen LogP contribution in [0.5, 0.6) is 11.5 Å². The number of hydrogen-bond donors (Lipinski definition) is 1. The summed E-state index contributed by atoms with van der Waals surface area (Å²) < 4.78 is 56.4. The highest BCUT2D eigenvalue weighted by Crippen LogP contribution is 2.53. The molecule has 178 valence electrons. The molecule has 11 heteroatoms. The fourth-order valence-corrected chi connectivity index (χ4v) is 4.23. The molecule has 1 saturated carbocycles. The highest BCUT2D eigenvalue weighted by molar-refractivity contribution is 6.02. The summed E-state index contributed by atoms with van der Waals surface area (Å²) in [7, 11) is 0. The Morgan fingerprint density at radius 3 is 2.68 bits per heavy atom. The first-order chi connectivity index (χ1) is 16.0. The molecule has 8 nitrogen and oxygen atoms in total. The van der Waals surface area contributed by atoms with Gasteiger partial charge in [-0.1, -0.05) is 17.3 Å². The molecule has 5 rings (SSSR count). The molecule has 1 aliphatic heterocycles. The van der Waals surface area contributed by atoms with E-state index in [0.717, 1.165) is 4.90 Å². The maximum absolute atomic E-state index is 13.6. The monoisotopic (exact) mass is 476 g/mol. The van der Waals surface area contributed by atoms with Crippen LogP contribution in [-0.2, 0) is 4.79 Å². The molecular formula is C23H19F3N2O6. The lowest BCUT2D eigenvalue weighted by Crippen LogP contribution is -2.57. The number of benzene rings is 2. The Balaban J connectivity index is 1.61. The maximum Gasteiger partial charge on any atom is 0.426 e. The Bertz CT molecular complexity index is 1370. The molecular weight excluding hydrogens is 457 g/mol. The number of aryl methyl sites for hydroxylation is 1. The zero-order chi connectivity index (χ0) is 24.4. The minimum Gasteiger partial charge on any atom is -0.454 e. The van der Waals surface area contributed by atoms with Gasteiger partial charge in [-0.15, -0.1) is 0 Å². The number of hydrogen-bond acceptors (Lipinski definition) is 7. The van der Waals surface area contributed by atoms with E-state index < -0.39 is 29.4 Å². The first-order valence-corrected chi connectivity index (χ1v) is 10.4. The molecule has 2 heterocycles. The van der Waals surface area contributed by atoms with Crippen LogP contribution in [0, 0.1) is 6.92 Å². The van der Waals surface area contributed by atoms with Gasteiger partial charge in [0, 0.05) is 28.6 Å². The molecule has 0 bridgehead atoms. The Labute approximate surface area is 190 Å². The zero-order valence-electron chi connectivity index (χ0n) is 18.0. The highest BCUT2D eigenvalue weighted by Gasteiger charge is 2.60. The molecule has 1 fully saturated rings. The van der Waals surface area contributed by atoms with Gasteiger partial charge in [-0.05, 0) is 44.5 Å². The molecule has 0 radical (unpaired) electrons. The third-order valence-electron chi connectivity index (χ3n) is 6.26. The summed E-state index contributed by atoms with van der Waals surface area (Å²) in [5.74, 6) is -0.867. The number of rotatable bonds is 4. The summed E-state index contributed by atoms with van der Waals surface area (Å²) in [6, 6.07) is 8.65. The number of ether oxygens (including phenoxy) is 2. The minimum absolute atomic E-state index is 0.0225. The van der Waals surface area contributed by atoms with Crippen molar-refractivity contribution in [1.29, 1.82) is 0 Å². The van der Waals surface area contributed by atoms with Crippen LogP contribution in [0.25, 0.3) is 10.8 Å². The summed E-state index contributed by atoms with van der Waals surface area (Å²) in [6.45, 7) is 2.02. The minimum atomic E-state index is -5.20. The quantitative estimate of drug-likeness (QED) is 0.616. The van der Waals surface area contributed by atoms with Crippen molar-refractivity contribution in [2.75, 3.05) is 11.7 Å². The van der Waals surface area contributed by atoms with Crippen LogP contribution in [0.2, 0.25) is 0 Å². The van der Waals surface area contributed by atoms with Crippen molar-refractivity contribution < 1.29 is 37.1 Å². The van der Waals surface area contributed by atoms with E-state index in [0.29, 0.717) is 41.5 Å². The maximum atomic E-state index is 13.6. The van der Waals surface area contributed by atoms with Gasteiger partial charge < -0.3 is 24.0 Å². The number of anilines is 1. The van der Waals surface area contributed by atoms with Gasteiger partial charge in [0.2, 0.25) is 12.4 Å². The Morgan fingerprint density at radius 1 is 1.18 bits per heavy atom. The molecule has 3 unspecified atom stereocenters. The van der Waals surface area contributed by atoms with E-state index in [1.165, 1.54) is 18.2 Å². The molecule has 2 aromatic carbocycles. The molecule has 2 aliphatic rings. The number of alkyl halides is 3. The Morgan fingerprint density at radius 2 is 1.94 bits per heavy atom. The number of para-hydroxylation sites is 1. The number of carbonyl (C=O) groups excluding carboxylic acids is 1. The van der Waals surface area contributed by atoms with Crippen LogP contribution in [0.4, 0.5) is 18.9 Å². The van der Waals surface area contributed by atoms with Crippen LogP contribution in [0.15, 0.2) is 45.7 Å². The SMILES string of the molecule is Cc1noc(=O)c2ccc(N(C(=O)C(C)(O)C(F)(F)F)C3CC3c3cccc4c3OCO4)cc12. The number of carbonyl (C=O) groups is 1. The predicted octanol–water partition coefficient (Wildman–Crippen LogP) is 3.43. The summed E-state index contributed by atoms with van der Waals surface area (Å²) in [4.78, 5) is 26.1. The third-order valence-corrected chi connectivity index (χ3v) is 6.26. The van der Waals surface area contributed by atoms with Crippen LogP contribution < -0.4 is 20.0 Å². The van der Waals surface area contributed by atoms with E-state index in [1.807, 2.05) is 0 Å². The molecule has 1 amide bonds. The van der Waals surface area contributed by atoms with E-state index in [-0.39, 0.29) is 23.8 Å². The van der Waals surface area contributed by atoms with Gasteiger partial charge in [0.1, 0.15) is 0 Å². The highest BCUT2D eigenvalue weighted by atomic mass is 19.4. The standard InChI is InChI=1S/C23H19F3N2O6/c1-11-15-8-12(6-7-14(15)20(29)34-27-11)28(21(30)22(2,31)23(24,25)26)17-9-16(17)13-4-3-5-18-19(13)33-10-32-18/h3-8,16-17,31H,9-10H2,1-2H3. The van der Waals surface area contributed by atoms with Crippen molar-refractivity contribution in [2.45, 2.75) is 44.0 Å². The van der Waals surface area contributed by atoms with Crippen molar-refractivity contribution in [3.05, 3.63) is 58.1 Å². The van der Waals surface area contributed by atoms with Gasteiger partial charge in [-0.25, -0.2) is 4.79 Å². The predicted molar refractivity (Wildman–Crippen MR) is 113 cm³/mol. The molecule has 3 aromatic rings. The van der Waals surface area contributed by atoms with Gasteiger partial charge >= 0.3 is 11.8 Å². The second kappa shape index (κ2) is 7.45. The van der Waals surface area contributed by atoms with Gasteiger partial charge in [0.15, 0.2) is 11.5 Å². The number of fused-ring (bicyclic) bond motifs is 2. The van der Waals surface area contributed by atoms with Gasteiger partial charge in [-0.2, -0.15) is 13.2 Å². The fraction of sp³-hybridized carbons (Fsp3) is 0.348. The molecule has 0 spiro atoms. The Kier molecular flexibility index (Phi) is 4.87. The number of nitrogens with zero attached hydrogens (tertiary/aromatic N) is 2. The lowest BCUT2D eigenvalue weighted by molar-refractivity contribution is -0.244. The molecule has 3 atom stereocenters. The first kappa shape index (κ1) is 22.2. The second-order valence-electron chi connectivity index (χ2n) is 8.52. The van der Waals surface area contributed by atoms with Gasteiger partial charge in [-0.3, -0.25) is 4.79 Å². The molecule has 1 aromatic heterocycles. The number of amides is 1. The van der Waals surface area contributed by atoms with Crippen LogP contribution in [0.3, 0.4) is 0 Å². The lowest BCUT2D eigenvalue weighted by atomic mass is 10.0. The van der Waals surface area contributed by atoms with E-state index in [1.54, 1.807) is 25.1 Å². The van der Waals surface area contributed by atoms with E-state index in [9.17, 15) is 27.9 Å². The zero-order valence-corrected chi connectivity index (χ0v) is 18.0. The summed E-state index contributed by atoms with van der Waals surface area (Å²) in [5, 5.41) is 14.4. The second-order valence-corrected chi connectivity index (χ2v) is 8.52. The third kappa shape index (κ3) is 3.38. The first-order valence-electron chi connectivity index (χ1n) is 10.4. The molecule has 1 aliphatic carbocycles. The molecule has 34 heavy (non-hydrogen) atoms. The number of halogens is 3. The van der Waals surface area contributed by atoms with Crippen LogP contribution in [-0.4, -0.2) is 40.8 Å². The summed E-state index contributed by atoms with van der Waals surface area (Å²) in [5.41, 5.74) is -3.23. The van der Waals surface area contributed by atoms with Crippen molar-refractivity contribution >= 4 is 22.4 Å². The van der Waals surface area contributed by atoms with Gasteiger partial charge in [0.05, 0.1) is 11.1 Å². The average molecular weight is 476 g/mol. The number of aliphatic hydroxyl groups is 1. The van der Waals surface area contributed by atoms with E-state index >= 15 is 0 Å². The summed E-state index contributed by atoms with van der Waals surface area (Å²) in [6.07, 6.45) is -4.86. The fourth-order valence-electron chi connectivity index (χ4n) is 4.23. The summed E-state index contributed by atoms with van der Waals surface area (Å²) >= 11 is 0. The molecule has 0 saturated heterocycles. The largest absolute Gasteiger partial charge is 0.454 e. The normalized spacial score (nSPS) is 20.8. The van der Waals surface area contributed by atoms with Crippen molar-refractivity contribution in [3.63, 3.8) is 0 Å². The van der Waals surface area contributed by atoms with Crippen molar-refractivity contribution in [3.8, 4) is 11.5 Å². The topological polar surface area (TPSA) is 102 Å². The smallest absolute Gasteiger partial charge is 0.426 e. The van der Waals surface area contributed by atoms with E-state index in [2.05, 4.69) is 5.16 Å². The van der Waals surface area contributed by atoms with Crippen LogP contribution in [0.1, 0.15) is 30.5 Å². The van der Waals surface area contributed by atoms with Crippen molar-refractivity contribution in [2.24, 2.45) is 0 Å². The van der Waals surface area contributed by atoms with Crippen molar-refractivity contribution in [1.82, 2.24) is 5.16 Å². The van der Waals surface area contributed by atoms with Crippen LogP contribution >= 0.6 is 0 Å². The van der Waals surface area contributed by atoms with E-state index in [4.69, 9.17) is 14.0 Å². The Hall–Kier alpha value is -3.60. The number of aromatic nitrogens is 1. The lowest BCUT2D eigenvalue weighted by Gasteiger charge is -2.33. The van der Waals surface area contributed by atoms with Gasteiger partial charge in [0.25, 0.3) is 5.91 Å². The average Bonchev–Trinajstić information content (AvgIpc) is 3.40. The molecule has 1 N–H and O–H groups in total.